The minimum atomic E-state index is -0.143. The quantitative estimate of drug-likeness (QED) is 0.886. The lowest BCUT2D eigenvalue weighted by atomic mass is 9.83. The second kappa shape index (κ2) is 5.81. The number of nitrogens with one attached hydrogen (secondary N) is 1. The Morgan fingerprint density at radius 3 is 2.78 bits per heavy atom. The second-order valence-corrected chi connectivity index (χ2v) is 5.74. The molecule has 2 nitrogen and oxygen atoms in total. The highest BCUT2D eigenvalue weighted by Gasteiger charge is 2.26. The third-order valence-electron chi connectivity index (χ3n) is 3.65. The summed E-state index contributed by atoms with van der Waals surface area (Å²) in [5.41, 5.74) is 0.678. The van der Waals surface area contributed by atoms with Crippen molar-refractivity contribution in [1.29, 1.82) is 0 Å². The van der Waals surface area contributed by atoms with Crippen LogP contribution in [-0.2, 0) is 5.41 Å². The molecule has 1 aliphatic rings. The van der Waals surface area contributed by atoms with Gasteiger partial charge < -0.3 is 10.2 Å². The number of hydrogen-bond acceptors (Lipinski definition) is 2. The lowest BCUT2D eigenvalue weighted by Gasteiger charge is -2.32. The van der Waals surface area contributed by atoms with E-state index in [2.05, 4.69) is 24.1 Å². The summed E-state index contributed by atoms with van der Waals surface area (Å²) in [7, 11) is 0. The van der Waals surface area contributed by atoms with Gasteiger partial charge in [0.05, 0.1) is 0 Å². The molecule has 1 aromatic carbocycles. The van der Waals surface area contributed by atoms with Gasteiger partial charge in [-0.15, -0.1) is 0 Å². The lowest BCUT2D eigenvalue weighted by Crippen LogP contribution is -2.39. The molecule has 1 fully saturated rings. The van der Waals surface area contributed by atoms with Crippen molar-refractivity contribution in [3.05, 3.63) is 35.6 Å². The van der Waals surface area contributed by atoms with Crippen LogP contribution in [0.25, 0.3) is 0 Å². The summed E-state index contributed by atoms with van der Waals surface area (Å²) >= 11 is 0. The van der Waals surface area contributed by atoms with Gasteiger partial charge in [-0.1, -0.05) is 32.0 Å². The molecular formula is C15H23FN2. The summed E-state index contributed by atoms with van der Waals surface area (Å²) in [6.07, 6.45) is 1.17. The van der Waals surface area contributed by atoms with Crippen LogP contribution in [0.15, 0.2) is 24.3 Å². The molecule has 0 saturated carbocycles. The fourth-order valence-corrected chi connectivity index (χ4v) is 2.71. The molecule has 18 heavy (non-hydrogen) atoms. The first kappa shape index (κ1) is 13.5. The molecule has 1 aromatic rings. The maximum absolute atomic E-state index is 13.9. The summed E-state index contributed by atoms with van der Waals surface area (Å²) < 4.78 is 13.9. The maximum atomic E-state index is 13.9. The number of rotatable bonds is 3. The fourth-order valence-electron chi connectivity index (χ4n) is 2.71. The van der Waals surface area contributed by atoms with E-state index in [-0.39, 0.29) is 11.2 Å². The predicted octanol–water partition coefficient (Wildman–Crippen LogP) is 2.40. The van der Waals surface area contributed by atoms with Crippen molar-refractivity contribution in [3.8, 4) is 0 Å². The first-order valence-corrected chi connectivity index (χ1v) is 6.78. The standard InChI is InChI=1S/C15H23FN2/c1-15(2,13-6-3-4-7-14(13)16)12-18-10-5-8-17-9-11-18/h3-4,6-7,17H,5,8-12H2,1-2H3. The van der Waals surface area contributed by atoms with Gasteiger partial charge in [0.2, 0.25) is 0 Å². The van der Waals surface area contributed by atoms with Gasteiger partial charge in [-0.2, -0.15) is 0 Å². The van der Waals surface area contributed by atoms with E-state index in [0.717, 1.165) is 38.3 Å². The third kappa shape index (κ3) is 3.30. The highest BCUT2D eigenvalue weighted by molar-refractivity contribution is 5.26. The van der Waals surface area contributed by atoms with Crippen LogP contribution in [0, 0.1) is 5.82 Å². The molecule has 1 saturated heterocycles. The van der Waals surface area contributed by atoms with Crippen molar-refractivity contribution < 1.29 is 4.39 Å². The van der Waals surface area contributed by atoms with Gasteiger partial charge in [-0.25, -0.2) is 4.39 Å². The molecule has 3 heteroatoms. The molecule has 1 aliphatic heterocycles. The van der Waals surface area contributed by atoms with E-state index < -0.39 is 0 Å². The summed E-state index contributed by atoms with van der Waals surface area (Å²) in [4.78, 5) is 2.44. The molecule has 1 heterocycles. The Morgan fingerprint density at radius 2 is 2.00 bits per heavy atom. The summed E-state index contributed by atoms with van der Waals surface area (Å²) in [6, 6.07) is 7.14. The zero-order valence-electron chi connectivity index (χ0n) is 11.4. The van der Waals surface area contributed by atoms with E-state index in [1.807, 2.05) is 12.1 Å². The van der Waals surface area contributed by atoms with Gasteiger partial charge in [-0.05, 0) is 31.1 Å². The number of nitrogens with zero attached hydrogens (tertiary/aromatic N) is 1. The minimum Gasteiger partial charge on any atom is -0.315 e. The number of benzene rings is 1. The Kier molecular flexibility index (Phi) is 4.36. The van der Waals surface area contributed by atoms with Gasteiger partial charge in [0.25, 0.3) is 0 Å². The molecule has 0 amide bonds. The average Bonchev–Trinajstić information content (AvgIpc) is 2.57. The van der Waals surface area contributed by atoms with Crippen LogP contribution in [0.5, 0.6) is 0 Å². The Labute approximate surface area is 109 Å². The summed E-state index contributed by atoms with van der Waals surface area (Å²) in [5, 5.41) is 3.40. The molecule has 0 unspecified atom stereocenters. The Bertz CT molecular complexity index is 382. The van der Waals surface area contributed by atoms with Crippen LogP contribution >= 0.6 is 0 Å². The molecule has 0 radical (unpaired) electrons. The molecule has 2 rings (SSSR count). The second-order valence-electron chi connectivity index (χ2n) is 5.74. The lowest BCUT2D eigenvalue weighted by molar-refractivity contribution is 0.234. The Morgan fingerprint density at radius 1 is 1.22 bits per heavy atom. The molecule has 0 aromatic heterocycles. The molecule has 0 spiro atoms. The highest BCUT2D eigenvalue weighted by atomic mass is 19.1. The summed E-state index contributed by atoms with van der Waals surface area (Å²) in [6.45, 7) is 9.45. The Hall–Kier alpha value is -0.930. The van der Waals surface area contributed by atoms with Crippen LogP contribution in [-0.4, -0.2) is 37.6 Å². The first-order valence-electron chi connectivity index (χ1n) is 6.78. The number of hydrogen-bond donors (Lipinski definition) is 1. The molecule has 0 atom stereocenters. The van der Waals surface area contributed by atoms with E-state index in [0.29, 0.717) is 0 Å². The largest absolute Gasteiger partial charge is 0.315 e. The zero-order chi connectivity index (χ0) is 13.0. The SMILES string of the molecule is CC(C)(CN1CCCNCC1)c1ccccc1F. The van der Waals surface area contributed by atoms with Crippen LogP contribution in [0.3, 0.4) is 0 Å². The smallest absolute Gasteiger partial charge is 0.126 e. The Balaban J connectivity index is 2.08. The third-order valence-corrected chi connectivity index (χ3v) is 3.65. The van der Waals surface area contributed by atoms with E-state index in [9.17, 15) is 4.39 Å². The average molecular weight is 250 g/mol. The van der Waals surface area contributed by atoms with Crippen LogP contribution in [0.2, 0.25) is 0 Å². The van der Waals surface area contributed by atoms with Crippen molar-refractivity contribution in [2.24, 2.45) is 0 Å². The maximum Gasteiger partial charge on any atom is 0.126 e. The van der Waals surface area contributed by atoms with E-state index in [4.69, 9.17) is 0 Å². The monoisotopic (exact) mass is 250 g/mol. The van der Waals surface area contributed by atoms with Crippen molar-refractivity contribution in [3.63, 3.8) is 0 Å². The van der Waals surface area contributed by atoms with E-state index in [1.165, 1.54) is 6.42 Å². The van der Waals surface area contributed by atoms with Crippen LogP contribution < -0.4 is 5.32 Å². The summed E-state index contributed by atoms with van der Waals surface area (Å²) in [5.74, 6) is -0.0875. The molecule has 100 valence electrons. The zero-order valence-corrected chi connectivity index (χ0v) is 11.4. The van der Waals surface area contributed by atoms with E-state index >= 15 is 0 Å². The van der Waals surface area contributed by atoms with Crippen molar-refractivity contribution in [1.82, 2.24) is 10.2 Å². The molecule has 1 N–H and O–H groups in total. The van der Waals surface area contributed by atoms with Crippen LogP contribution in [0.4, 0.5) is 4.39 Å². The van der Waals surface area contributed by atoms with Crippen molar-refractivity contribution in [2.45, 2.75) is 25.7 Å². The van der Waals surface area contributed by atoms with Gasteiger partial charge in [0.15, 0.2) is 0 Å². The highest BCUT2D eigenvalue weighted by Crippen LogP contribution is 2.26. The molecular weight excluding hydrogens is 227 g/mol. The minimum absolute atomic E-state index is 0.0875. The van der Waals surface area contributed by atoms with Gasteiger partial charge >= 0.3 is 0 Å². The fraction of sp³-hybridized carbons (Fsp3) is 0.600. The topological polar surface area (TPSA) is 15.3 Å². The van der Waals surface area contributed by atoms with Gasteiger partial charge in [0.1, 0.15) is 5.82 Å². The van der Waals surface area contributed by atoms with Gasteiger partial charge in [0, 0.05) is 25.0 Å². The molecule has 0 aliphatic carbocycles. The van der Waals surface area contributed by atoms with Crippen LogP contribution in [0.1, 0.15) is 25.8 Å². The van der Waals surface area contributed by atoms with Crippen molar-refractivity contribution in [2.75, 3.05) is 32.7 Å². The first-order chi connectivity index (χ1) is 8.59. The van der Waals surface area contributed by atoms with Gasteiger partial charge in [-0.3, -0.25) is 0 Å². The van der Waals surface area contributed by atoms with Crippen molar-refractivity contribution >= 4 is 0 Å². The predicted molar refractivity (Wildman–Crippen MR) is 73.4 cm³/mol. The number of halogens is 1. The molecule has 0 bridgehead atoms. The normalized spacial score (nSPS) is 18.6. The van der Waals surface area contributed by atoms with E-state index in [1.54, 1.807) is 12.1 Å².